The van der Waals surface area contributed by atoms with Crippen LogP contribution in [0.5, 0.6) is 0 Å². The van der Waals surface area contributed by atoms with Crippen LogP contribution in [0.15, 0.2) is 103 Å². The van der Waals surface area contributed by atoms with E-state index in [0.29, 0.717) is 44.1 Å². The highest BCUT2D eigenvalue weighted by molar-refractivity contribution is 5.91. The van der Waals surface area contributed by atoms with Crippen LogP contribution in [-0.2, 0) is 23.8 Å². The van der Waals surface area contributed by atoms with Crippen molar-refractivity contribution in [1.29, 1.82) is 0 Å². The van der Waals surface area contributed by atoms with E-state index < -0.39 is 24.3 Å². The molecular weight excluding hydrogens is 825 g/mol. The SMILES string of the molecule is COC(=O)NC(CC1CCOCC1)C(=O)N1CCCC1c1ncc(-c2ccc3cc(-c4ccc(-c5cnc(C6CCCN6C(=O)C(NC(=O)OC)c6ccccc6)[nH]5)cc4)ccc3c2)[nH]1. The van der Waals surface area contributed by atoms with Crippen molar-refractivity contribution in [3.63, 3.8) is 0 Å². The fourth-order valence-electron chi connectivity index (χ4n) is 9.58. The molecule has 4 amide bonds. The Labute approximate surface area is 377 Å². The molecule has 0 bridgehead atoms. The zero-order valence-electron chi connectivity index (χ0n) is 36.6. The maximum absolute atomic E-state index is 14.0. The van der Waals surface area contributed by atoms with E-state index in [2.05, 4.69) is 81.3 Å². The van der Waals surface area contributed by atoms with E-state index in [1.54, 1.807) is 4.90 Å². The Hall–Kier alpha value is -7.00. The number of amides is 4. The first-order chi connectivity index (χ1) is 31.8. The molecule has 4 atom stereocenters. The molecule has 65 heavy (non-hydrogen) atoms. The minimum Gasteiger partial charge on any atom is -0.453 e. The predicted octanol–water partition coefficient (Wildman–Crippen LogP) is 8.25. The van der Waals surface area contributed by atoms with Crippen LogP contribution in [0.3, 0.4) is 0 Å². The maximum atomic E-state index is 14.0. The number of carbonyl (C=O) groups excluding carboxylic acids is 4. The van der Waals surface area contributed by atoms with E-state index in [1.807, 2.05) is 47.6 Å². The van der Waals surface area contributed by atoms with E-state index in [4.69, 9.17) is 24.2 Å². The number of likely N-dealkylation sites (tertiary alicyclic amines) is 2. The van der Waals surface area contributed by atoms with Gasteiger partial charge in [-0.25, -0.2) is 19.6 Å². The van der Waals surface area contributed by atoms with Gasteiger partial charge in [0.25, 0.3) is 5.91 Å². The third-order valence-electron chi connectivity index (χ3n) is 13.1. The fourth-order valence-corrected chi connectivity index (χ4v) is 9.58. The van der Waals surface area contributed by atoms with Gasteiger partial charge in [-0.1, -0.05) is 78.9 Å². The number of nitrogens with one attached hydrogen (secondary N) is 4. The van der Waals surface area contributed by atoms with Crippen molar-refractivity contribution < 1.29 is 33.4 Å². The highest BCUT2D eigenvalue weighted by Crippen LogP contribution is 2.37. The zero-order valence-corrected chi connectivity index (χ0v) is 36.6. The predicted molar refractivity (Wildman–Crippen MR) is 244 cm³/mol. The summed E-state index contributed by atoms with van der Waals surface area (Å²) in [7, 11) is 2.60. The fraction of sp³-hybridized carbons (Fsp3) is 0.360. The van der Waals surface area contributed by atoms with Crippen molar-refractivity contribution in [2.75, 3.05) is 40.5 Å². The maximum Gasteiger partial charge on any atom is 0.407 e. The van der Waals surface area contributed by atoms with Gasteiger partial charge < -0.3 is 44.6 Å². The van der Waals surface area contributed by atoms with Gasteiger partial charge in [0.1, 0.15) is 23.7 Å². The standard InChI is InChI=1S/C50H54N8O7/c1-63-49(61)55-39(26-31-20-24-65-25-21-31)47(59)57-22-6-10-42(57)45-52-30-41(54-45)38-19-18-36-27-35(16-17-37(36)28-38)32-12-14-33(15-13-32)40-29-51-46(53-40)43-11-7-23-58(43)48(60)44(56-50(62)64-2)34-8-4-3-5-9-34/h3-5,8-9,12-19,27-31,39,42-44H,6-7,10-11,20-26H2,1-2H3,(H,51,53)(H,52,54)(H,55,61)(H,56,62). The number of rotatable bonds is 12. The molecular formula is C50H54N8O7. The van der Waals surface area contributed by atoms with Crippen LogP contribution < -0.4 is 10.6 Å². The molecule has 15 nitrogen and oxygen atoms in total. The molecule has 0 saturated carbocycles. The number of H-pyrrole nitrogens is 2. The number of aromatic nitrogens is 4. The third kappa shape index (κ3) is 9.46. The van der Waals surface area contributed by atoms with Crippen molar-refractivity contribution in [3.8, 4) is 33.6 Å². The summed E-state index contributed by atoms with van der Waals surface area (Å²) in [5.74, 6) is 1.40. The van der Waals surface area contributed by atoms with E-state index >= 15 is 0 Å². The van der Waals surface area contributed by atoms with Crippen LogP contribution >= 0.6 is 0 Å². The number of nitrogens with zero attached hydrogens (tertiary/aromatic N) is 4. The second kappa shape index (κ2) is 19.4. The van der Waals surface area contributed by atoms with Crippen LogP contribution in [0.4, 0.5) is 9.59 Å². The normalized spacial score (nSPS) is 18.6. The molecule has 4 N–H and O–H groups in total. The molecule has 2 aromatic heterocycles. The van der Waals surface area contributed by atoms with Crippen molar-refractivity contribution in [2.45, 2.75) is 69.1 Å². The lowest BCUT2D eigenvalue weighted by atomic mass is 9.92. The summed E-state index contributed by atoms with van der Waals surface area (Å²) in [6.45, 7) is 2.47. The molecule has 0 aliphatic carbocycles. The summed E-state index contributed by atoms with van der Waals surface area (Å²) >= 11 is 0. The average Bonchev–Trinajstić information content (AvgIpc) is 4.21. The second-order valence-electron chi connectivity index (χ2n) is 17.1. The quantitative estimate of drug-likeness (QED) is 0.0940. The van der Waals surface area contributed by atoms with Gasteiger partial charge in [-0.05, 0) is 96.0 Å². The largest absolute Gasteiger partial charge is 0.453 e. The van der Waals surface area contributed by atoms with Gasteiger partial charge in [0.05, 0.1) is 50.1 Å². The third-order valence-corrected chi connectivity index (χ3v) is 13.1. The van der Waals surface area contributed by atoms with Crippen molar-refractivity contribution in [3.05, 3.63) is 121 Å². The molecule has 5 heterocycles. The number of alkyl carbamates (subject to hydrolysis) is 2. The van der Waals surface area contributed by atoms with Gasteiger partial charge in [0.15, 0.2) is 0 Å². The number of aromatic amines is 2. The summed E-state index contributed by atoms with van der Waals surface area (Å²) in [6.07, 6.45) is 7.82. The van der Waals surface area contributed by atoms with Crippen LogP contribution in [0, 0.1) is 5.92 Å². The van der Waals surface area contributed by atoms with E-state index in [-0.39, 0.29) is 29.8 Å². The molecule has 0 radical (unpaired) electrons. The summed E-state index contributed by atoms with van der Waals surface area (Å²) in [4.78, 5) is 72.6. The lowest BCUT2D eigenvalue weighted by molar-refractivity contribution is -0.135. The number of methoxy groups -OCH3 is 2. The Kier molecular flexibility index (Phi) is 12.9. The van der Waals surface area contributed by atoms with Crippen LogP contribution in [-0.4, -0.2) is 100 Å². The summed E-state index contributed by atoms with van der Waals surface area (Å²) in [5.41, 5.74) is 6.52. The molecule has 336 valence electrons. The Morgan fingerprint density at radius 2 is 1.20 bits per heavy atom. The molecule has 9 rings (SSSR count). The molecule has 3 aliphatic rings. The molecule has 3 fully saturated rings. The van der Waals surface area contributed by atoms with E-state index in [1.165, 1.54) is 14.2 Å². The van der Waals surface area contributed by atoms with Gasteiger partial charge in [-0.3, -0.25) is 9.59 Å². The van der Waals surface area contributed by atoms with E-state index in [9.17, 15) is 19.2 Å². The lowest BCUT2D eigenvalue weighted by Crippen LogP contribution is -2.49. The first kappa shape index (κ1) is 43.3. The molecule has 0 spiro atoms. The minimum absolute atomic E-state index is 0.111. The average molecular weight is 879 g/mol. The Bertz CT molecular complexity index is 2640. The van der Waals surface area contributed by atoms with E-state index in [0.717, 1.165) is 88.8 Å². The van der Waals surface area contributed by atoms with Crippen LogP contribution in [0.2, 0.25) is 0 Å². The molecule has 6 aromatic rings. The lowest BCUT2D eigenvalue weighted by Gasteiger charge is -2.31. The topological polar surface area (TPSA) is 184 Å². The smallest absolute Gasteiger partial charge is 0.407 e. The Morgan fingerprint density at radius 3 is 1.83 bits per heavy atom. The summed E-state index contributed by atoms with van der Waals surface area (Å²) < 4.78 is 15.2. The van der Waals surface area contributed by atoms with Gasteiger partial charge >= 0.3 is 12.2 Å². The first-order valence-electron chi connectivity index (χ1n) is 22.4. The molecule has 15 heteroatoms. The number of hydrogen-bond donors (Lipinski definition) is 4. The number of fused-ring (bicyclic) bond motifs is 1. The van der Waals surface area contributed by atoms with Crippen molar-refractivity contribution >= 4 is 34.8 Å². The number of ether oxygens (including phenoxy) is 3. The molecule has 4 aromatic carbocycles. The molecule has 3 aliphatic heterocycles. The monoisotopic (exact) mass is 878 g/mol. The van der Waals surface area contributed by atoms with Crippen LogP contribution in [0.25, 0.3) is 44.4 Å². The first-order valence-corrected chi connectivity index (χ1v) is 22.4. The van der Waals surface area contributed by atoms with Gasteiger partial charge in [0.2, 0.25) is 5.91 Å². The van der Waals surface area contributed by atoms with Crippen molar-refractivity contribution in [2.24, 2.45) is 5.92 Å². The Balaban J connectivity index is 0.862. The van der Waals surface area contributed by atoms with Gasteiger partial charge in [-0.2, -0.15) is 0 Å². The van der Waals surface area contributed by atoms with Crippen LogP contribution in [0.1, 0.15) is 80.3 Å². The van der Waals surface area contributed by atoms with Gasteiger partial charge in [-0.15, -0.1) is 0 Å². The van der Waals surface area contributed by atoms with Gasteiger partial charge in [0, 0.05) is 31.9 Å². The summed E-state index contributed by atoms with van der Waals surface area (Å²) in [5, 5.41) is 7.71. The zero-order chi connectivity index (χ0) is 44.9. The highest BCUT2D eigenvalue weighted by atomic mass is 16.5. The minimum atomic E-state index is -0.882. The van der Waals surface area contributed by atoms with Crippen molar-refractivity contribution in [1.82, 2.24) is 40.4 Å². The second-order valence-corrected chi connectivity index (χ2v) is 17.1. The summed E-state index contributed by atoms with van der Waals surface area (Å²) in [6, 6.07) is 28.3. The molecule has 3 saturated heterocycles. The number of imidazole rings is 2. The number of carbonyl (C=O) groups is 4. The molecule has 4 unspecified atom stereocenters. The Morgan fingerprint density at radius 1 is 0.662 bits per heavy atom. The number of hydrogen-bond acceptors (Lipinski definition) is 9. The number of benzene rings is 4. The highest BCUT2D eigenvalue weighted by Gasteiger charge is 2.39.